The van der Waals surface area contributed by atoms with Crippen LogP contribution < -0.4 is 10.5 Å². The van der Waals surface area contributed by atoms with E-state index in [2.05, 4.69) is 0 Å². The Morgan fingerprint density at radius 1 is 1.33 bits per heavy atom. The summed E-state index contributed by atoms with van der Waals surface area (Å²) in [7, 11) is 1.60. The number of benzene rings is 1. The first-order valence-electron chi connectivity index (χ1n) is 5.94. The van der Waals surface area contributed by atoms with Crippen molar-refractivity contribution in [2.45, 2.75) is 38.8 Å². The molecule has 0 aromatic heterocycles. The molecule has 100 valence electrons. The number of nitrogens with two attached hydrogens (primary N) is 1. The lowest BCUT2D eigenvalue weighted by Crippen LogP contribution is -2.38. The van der Waals surface area contributed by atoms with Crippen molar-refractivity contribution in [2.24, 2.45) is 5.73 Å². The molecule has 0 heterocycles. The van der Waals surface area contributed by atoms with E-state index in [4.69, 9.17) is 15.2 Å². The highest BCUT2D eigenvalue weighted by molar-refractivity contribution is 5.76. The van der Waals surface area contributed by atoms with Crippen LogP contribution in [0.4, 0.5) is 0 Å². The molecule has 4 nitrogen and oxygen atoms in total. The van der Waals surface area contributed by atoms with Crippen molar-refractivity contribution in [1.29, 1.82) is 0 Å². The molecule has 0 aliphatic heterocycles. The predicted molar refractivity (Wildman–Crippen MR) is 70.5 cm³/mol. The Hall–Kier alpha value is -1.55. The fourth-order valence-electron chi connectivity index (χ4n) is 1.57. The Morgan fingerprint density at radius 2 is 1.94 bits per heavy atom. The first kappa shape index (κ1) is 14.5. The number of hydrogen-bond acceptors (Lipinski definition) is 4. The van der Waals surface area contributed by atoms with Crippen molar-refractivity contribution >= 4 is 5.97 Å². The second kappa shape index (κ2) is 5.87. The molecule has 0 saturated heterocycles. The Morgan fingerprint density at radius 3 is 2.50 bits per heavy atom. The maximum absolute atomic E-state index is 11.8. The van der Waals surface area contributed by atoms with Crippen molar-refractivity contribution in [3.63, 3.8) is 0 Å². The van der Waals surface area contributed by atoms with Crippen molar-refractivity contribution in [3.05, 3.63) is 29.8 Å². The zero-order valence-electron chi connectivity index (χ0n) is 11.4. The molecule has 0 bridgehead atoms. The van der Waals surface area contributed by atoms with Crippen LogP contribution in [0, 0.1) is 0 Å². The van der Waals surface area contributed by atoms with Gasteiger partial charge in [0.05, 0.1) is 7.11 Å². The molecule has 0 aliphatic rings. The summed E-state index contributed by atoms with van der Waals surface area (Å²) in [6.45, 7) is 5.46. The van der Waals surface area contributed by atoms with E-state index >= 15 is 0 Å². The summed E-state index contributed by atoms with van der Waals surface area (Å²) in [5.74, 6) is 0.338. The number of para-hydroxylation sites is 1. The molecule has 1 aromatic carbocycles. The van der Waals surface area contributed by atoms with Gasteiger partial charge in [-0.3, -0.25) is 4.79 Å². The van der Waals surface area contributed by atoms with Crippen LogP contribution in [0.2, 0.25) is 0 Å². The van der Waals surface area contributed by atoms with E-state index in [0.717, 1.165) is 11.3 Å². The van der Waals surface area contributed by atoms with Crippen LogP contribution in [-0.2, 0) is 16.0 Å². The smallest absolute Gasteiger partial charge is 0.323 e. The molecular weight excluding hydrogens is 230 g/mol. The standard InChI is InChI=1S/C14H21NO3/c1-14(2,3)18-13(16)11(15)9-10-7-5-6-8-12(10)17-4/h5-8,11H,9,15H2,1-4H3/t11-/m0/s1. The van der Waals surface area contributed by atoms with Crippen molar-refractivity contribution in [2.75, 3.05) is 7.11 Å². The summed E-state index contributed by atoms with van der Waals surface area (Å²) in [5, 5.41) is 0. The van der Waals surface area contributed by atoms with Gasteiger partial charge in [0, 0.05) is 6.42 Å². The monoisotopic (exact) mass is 251 g/mol. The van der Waals surface area contributed by atoms with E-state index in [9.17, 15) is 4.79 Å². The van der Waals surface area contributed by atoms with Crippen LogP contribution in [-0.4, -0.2) is 24.7 Å². The van der Waals surface area contributed by atoms with Crippen LogP contribution >= 0.6 is 0 Å². The minimum absolute atomic E-state index is 0.395. The van der Waals surface area contributed by atoms with Crippen LogP contribution in [0.15, 0.2) is 24.3 Å². The van der Waals surface area contributed by atoms with Gasteiger partial charge >= 0.3 is 5.97 Å². The van der Waals surface area contributed by atoms with Crippen molar-refractivity contribution < 1.29 is 14.3 Å². The molecule has 0 unspecified atom stereocenters. The number of rotatable bonds is 4. The molecular formula is C14H21NO3. The molecule has 4 heteroatoms. The number of hydrogen-bond donors (Lipinski definition) is 1. The van der Waals surface area contributed by atoms with E-state index in [1.807, 2.05) is 45.0 Å². The molecule has 0 radical (unpaired) electrons. The largest absolute Gasteiger partial charge is 0.496 e. The molecule has 2 N–H and O–H groups in total. The number of ether oxygens (including phenoxy) is 2. The summed E-state index contributed by atoms with van der Waals surface area (Å²) in [5.41, 5.74) is 6.23. The van der Waals surface area contributed by atoms with Gasteiger partial charge < -0.3 is 15.2 Å². The fourth-order valence-corrected chi connectivity index (χ4v) is 1.57. The van der Waals surface area contributed by atoms with E-state index < -0.39 is 17.6 Å². The van der Waals surface area contributed by atoms with Crippen molar-refractivity contribution in [1.82, 2.24) is 0 Å². The molecule has 18 heavy (non-hydrogen) atoms. The van der Waals surface area contributed by atoms with Gasteiger partial charge in [-0.05, 0) is 32.4 Å². The fraction of sp³-hybridized carbons (Fsp3) is 0.500. The van der Waals surface area contributed by atoms with Gasteiger partial charge in [-0.2, -0.15) is 0 Å². The summed E-state index contributed by atoms with van der Waals surface area (Å²) < 4.78 is 10.5. The molecule has 1 atom stereocenters. The van der Waals surface area contributed by atoms with Gasteiger partial charge in [-0.15, -0.1) is 0 Å². The summed E-state index contributed by atoms with van der Waals surface area (Å²) in [4.78, 5) is 11.8. The summed E-state index contributed by atoms with van der Waals surface area (Å²) >= 11 is 0. The van der Waals surface area contributed by atoms with E-state index in [-0.39, 0.29) is 0 Å². The first-order chi connectivity index (χ1) is 8.33. The second-order valence-corrected chi connectivity index (χ2v) is 5.16. The summed E-state index contributed by atoms with van der Waals surface area (Å²) in [6, 6.07) is 6.82. The van der Waals surface area contributed by atoms with Gasteiger partial charge in [0.1, 0.15) is 17.4 Å². The minimum atomic E-state index is -0.680. The van der Waals surface area contributed by atoms with Crippen LogP contribution in [0.1, 0.15) is 26.3 Å². The second-order valence-electron chi connectivity index (χ2n) is 5.16. The third-order valence-corrected chi connectivity index (χ3v) is 2.34. The summed E-state index contributed by atoms with van der Waals surface area (Å²) in [6.07, 6.45) is 0.402. The highest BCUT2D eigenvalue weighted by Crippen LogP contribution is 2.19. The molecule has 1 rings (SSSR count). The molecule has 1 aromatic rings. The molecule has 0 amide bonds. The number of methoxy groups -OCH3 is 1. The SMILES string of the molecule is COc1ccccc1C[C@H](N)C(=O)OC(C)(C)C. The average molecular weight is 251 g/mol. The highest BCUT2D eigenvalue weighted by Gasteiger charge is 2.23. The number of carbonyl (C=O) groups is 1. The van der Waals surface area contributed by atoms with Gasteiger partial charge in [0.2, 0.25) is 0 Å². The third-order valence-electron chi connectivity index (χ3n) is 2.34. The maximum atomic E-state index is 11.8. The van der Waals surface area contributed by atoms with Crippen molar-refractivity contribution in [3.8, 4) is 5.75 Å². The van der Waals surface area contributed by atoms with Gasteiger partial charge in [-0.1, -0.05) is 18.2 Å². The Balaban J connectivity index is 2.69. The number of carbonyl (C=O) groups excluding carboxylic acids is 1. The lowest BCUT2D eigenvalue weighted by atomic mass is 10.1. The molecule has 0 spiro atoms. The van der Waals surface area contributed by atoms with E-state index in [1.165, 1.54) is 0 Å². The normalized spacial score (nSPS) is 12.9. The molecule has 0 saturated carbocycles. The number of esters is 1. The average Bonchev–Trinajstić information content (AvgIpc) is 2.27. The molecule has 0 fully saturated rings. The predicted octanol–water partition coefficient (Wildman–Crippen LogP) is 1.91. The minimum Gasteiger partial charge on any atom is -0.496 e. The molecule has 0 aliphatic carbocycles. The first-order valence-corrected chi connectivity index (χ1v) is 5.94. The van der Waals surface area contributed by atoms with Crippen LogP contribution in [0.3, 0.4) is 0 Å². The quantitative estimate of drug-likeness (QED) is 0.830. The Bertz CT molecular complexity index is 410. The third kappa shape index (κ3) is 4.37. The van der Waals surface area contributed by atoms with Crippen LogP contribution in [0.25, 0.3) is 0 Å². The topological polar surface area (TPSA) is 61.5 Å². The Labute approximate surface area is 108 Å². The van der Waals surface area contributed by atoms with Crippen LogP contribution in [0.5, 0.6) is 5.75 Å². The maximum Gasteiger partial charge on any atom is 0.323 e. The van der Waals surface area contributed by atoms with Gasteiger partial charge in [-0.25, -0.2) is 0 Å². The lowest BCUT2D eigenvalue weighted by Gasteiger charge is -2.22. The van der Waals surface area contributed by atoms with E-state index in [0.29, 0.717) is 6.42 Å². The van der Waals surface area contributed by atoms with Gasteiger partial charge in [0.25, 0.3) is 0 Å². The van der Waals surface area contributed by atoms with E-state index in [1.54, 1.807) is 7.11 Å². The lowest BCUT2D eigenvalue weighted by molar-refractivity contribution is -0.156. The highest BCUT2D eigenvalue weighted by atomic mass is 16.6. The zero-order chi connectivity index (χ0) is 13.8. The van der Waals surface area contributed by atoms with Gasteiger partial charge in [0.15, 0.2) is 0 Å². The zero-order valence-corrected chi connectivity index (χ0v) is 11.4. The Kier molecular flexibility index (Phi) is 4.73.